The summed E-state index contributed by atoms with van der Waals surface area (Å²) >= 11 is 11.1. The molecule has 0 aliphatic carbocycles. The number of benzene rings is 2. The molecule has 8 nitrogen and oxygen atoms in total. The molecule has 1 amide bonds. The summed E-state index contributed by atoms with van der Waals surface area (Å²) in [4.78, 5) is 48.6. The Morgan fingerprint density at radius 2 is 1.90 bits per heavy atom. The SMILES string of the molecule is Cn1c(NC(=O)COC(=O)CSc2ccc(Br)c3cccc(Cl)c23)cc(=O)n(C)c1=O. The Hall–Kier alpha value is -2.56. The zero-order valence-electron chi connectivity index (χ0n) is 16.5. The van der Waals surface area contributed by atoms with Gasteiger partial charge < -0.3 is 10.1 Å². The van der Waals surface area contributed by atoms with Crippen LogP contribution in [-0.4, -0.2) is 33.4 Å². The first-order valence-electron chi connectivity index (χ1n) is 8.91. The van der Waals surface area contributed by atoms with E-state index in [0.29, 0.717) is 5.02 Å². The van der Waals surface area contributed by atoms with Crippen LogP contribution in [0.2, 0.25) is 5.02 Å². The van der Waals surface area contributed by atoms with E-state index >= 15 is 0 Å². The summed E-state index contributed by atoms with van der Waals surface area (Å²) in [6.45, 7) is -0.551. The fourth-order valence-electron chi connectivity index (χ4n) is 2.77. The Kier molecular flexibility index (Phi) is 7.24. The van der Waals surface area contributed by atoms with Crippen molar-refractivity contribution >= 4 is 67.8 Å². The molecule has 0 unspecified atom stereocenters. The topological polar surface area (TPSA) is 99.4 Å². The lowest BCUT2D eigenvalue weighted by atomic mass is 10.1. The van der Waals surface area contributed by atoms with Crippen LogP contribution in [0, 0.1) is 0 Å². The first-order chi connectivity index (χ1) is 14.7. The molecule has 1 heterocycles. The van der Waals surface area contributed by atoms with Gasteiger partial charge in [0, 0.05) is 39.9 Å². The third-order valence-electron chi connectivity index (χ3n) is 4.40. The number of carbonyl (C=O) groups excluding carboxylic acids is 2. The molecule has 3 aromatic rings. The van der Waals surface area contributed by atoms with Gasteiger partial charge >= 0.3 is 11.7 Å². The number of anilines is 1. The van der Waals surface area contributed by atoms with Crippen molar-refractivity contribution in [2.24, 2.45) is 14.1 Å². The summed E-state index contributed by atoms with van der Waals surface area (Å²) in [6, 6.07) is 10.4. The lowest BCUT2D eigenvalue weighted by molar-refractivity contribution is -0.144. The molecule has 11 heteroatoms. The molecule has 0 radical (unpaired) electrons. The quantitative estimate of drug-likeness (QED) is 0.392. The molecule has 0 saturated carbocycles. The van der Waals surface area contributed by atoms with Gasteiger partial charge in [0.1, 0.15) is 5.82 Å². The molecule has 31 heavy (non-hydrogen) atoms. The van der Waals surface area contributed by atoms with E-state index < -0.39 is 29.7 Å². The zero-order chi connectivity index (χ0) is 22.7. The molecule has 1 aromatic heterocycles. The van der Waals surface area contributed by atoms with E-state index in [0.717, 1.165) is 35.3 Å². The minimum Gasteiger partial charge on any atom is -0.455 e. The summed E-state index contributed by atoms with van der Waals surface area (Å²) in [7, 11) is 2.74. The van der Waals surface area contributed by atoms with Crippen molar-refractivity contribution in [2.75, 3.05) is 17.7 Å². The highest BCUT2D eigenvalue weighted by atomic mass is 79.9. The molecule has 3 rings (SSSR count). The average Bonchev–Trinajstić information content (AvgIpc) is 2.74. The van der Waals surface area contributed by atoms with E-state index in [9.17, 15) is 19.2 Å². The van der Waals surface area contributed by atoms with Crippen molar-refractivity contribution in [3.8, 4) is 0 Å². The van der Waals surface area contributed by atoms with E-state index in [2.05, 4.69) is 21.2 Å². The molecule has 0 spiro atoms. The molecule has 1 N–H and O–H groups in total. The summed E-state index contributed by atoms with van der Waals surface area (Å²) in [5.41, 5.74) is -1.15. The number of esters is 1. The van der Waals surface area contributed by atoms with Crippen LogP contribution in [0.4, 0.5) is 5.82 Å². The zero-order valence-corrected chi connectivity index (χ0v) is 19.6. The number of hydrogen-bond donors (Lipinski definition) is 1. The number of hydrogen-bond acceptors (Lipinski definition) is 6. The molecule has 0 atom stereocenters. The van der Waals surface area contributed by atoms with Crippen LogP contribution in [-0.2, 0) is 28.4 Å². The van der Waals surface area contributed by atoms with E-state index in [4.69, 9.17) is 16.3 Å². The van der Waals surface area contributed by atoms with Crippen molar-refractivity contribution in [1.29, 1.82) is 0 Å². The predicted octanol–water partition coefficient (Wildman–Crippen LogP) is 2.93. The third-order valence-corrected chi connectivity index (χ3v) is 6.44. The molecule has 0 aliphatic rings. The first kappa shape index (κ1) is 23.1. The highest BCUT2D eigenvalue weighted by molar-refractivity contribution is 9.10. The fraction of sp³-hybridized carbons (Fsp3) is 0.200. The highest BCUT2D eigenvalue weighted by Crippen LogP contribution is 2.37. The molecule has 0 aliphatic heterocycles. The van der Waals surface area contributed by atoms with Crippen molar-refractivity contribution in [3.05, 3.63) is 66.7 Å². The monoisotopic (exact) mass is 525 g/mol. The average molecular weight is 527 g/mol. The number of fused-ring (bicyclic) bond motifs is 1. The van der Waals surface area contributed by atoms with Gasteiger partial charge in [0.2, 0.25) is 0 Å². The summed E-state index contributed by atoms with van der Waals surface area (Å²) in [5, 5.41) is 4.69. The number of nitrogens with zero attached hydrogens (tertiary/aromatic N) is 2. The van der Waals surface area contributed by atoms with E-state index in [1.807, 2.05) is 24.3 Å². The Morgan fingerprint density at radius 1 is 1.16 bits per heavy atom. The van der Waals surface area contributed by atoms with Gasteiger partial charge in [-0.2, -0.15) is 0 Å². The van der Waals surface area contributed by atoms with Crippen LogP contribution >= 0.6 is 39.3 Å². The molecule has 162 valence electrons. The van der Waals surface area contributed by atoms with Crippen LogP contribution in [0.25, 0.3) is 10.8 Å². The minimum absolute atomic E-state index is 0.0134. The molecule has 0 bridgehead atoms. The van der Waals surface area contributed by atoms with Crippen molar-refractivity contribution in [1.82, 2.24) is 9.13 Å². The second kappa shape index (κ2) is 9.71. The fourth-order valence-corrected chi connectivity index (χ4v) is 4.45. The van der Waals surface area contributed by atoms with Gasteiger partial charge in [-0.1, -0.05) is 39.7 Å². The predicted molar refractivity (Wildman–Crippen MR) is 124 cm³/mol. The Bertz CT molecular complexity index is 1300. The number of thioether (sulfide) groups is 1. The van der Waals surface area contributed by atoms with Crippen molar-refractivity contribution < 1.29 is 14.3 Å². The second-order valence-corrected chi connectivity index (χ2v) is 8.75. The molecule has 0 saturated heterocycles. The number of halogens is 2. The smallest absolute Gasteiger partial charge is 0.332 e. The largest absolute Gasteiger partial charge is 0.455 e. The normalized spacial score (nSPS) is 10.8. The number of nitrogens with one attached hydrogen (secondary N) is 1. The van der Waals surface area contributed by atoms with Crippen LogP contribution < -0.4 is 16.6 Å². The van der Waals surface area contributed by atoms with Gasteiger partial charge in [-0.05, 0) is 23.6 Å². The lowest BCUT2D eigenvalue weighted by Gasteiger charge is -2.11. The van der Waals surface area contributed by atoms with Crippen LogP contribution in [0.1, 0.15) is 0 Å². The highest BCUT2D eigenvalue weighted by Gasteiger charge is 2.14. The maximum atomic E-state index is 12.1. The number of carbonyl (C=O) groups is 2. The van der Waals surface area contributed by atoms with Gasteiger partial charge in [-0.25, -0.2) is 4.79 Å². The van der Waals surface area contributed by atoms with Crippen molar-refractivity contribution in [2.45, 2.75) is 4.90 Å². The standard InChI is InChI=1S/C20H17BrClN3O5S/c1-24-15(8-17(27)25(2)20(24)29)23-16(26)9-30-18(28)10-31-14-7-6-12(21)11-4-3-5-13(22)19(11)14/h3-8H,9-10H2,1-2H3,(H,23,26). The van der Waals surface area contributed by atoms with Crippen LogP contribution in [0.15, 0.2) is 55.4 Å². The first-order valence-corrected chi connectivity index (χ1v) is 11.1. The van der Waals surface area contributed by atoms with Crippen LogP contribution in [0.3, 0.4) is 0 Å². The maximum absolute atomic E-state index is 12.1. The van der Waals surface area contributed by atoms with Gasteiger partial charge in [0.05, 0.1) is 5.75 Å². The number of aromatic nitrogens is 2. The van der Waals surface area contributed by atoms with Gasteiger partial charge in [0.25, 0.3) is 11.5 Å². The van der Waals surface area contributed by atoms with E-state index in [1.54, 1.807) is 6.07 Å². The molecular weight excluding hydrogens is 510 g/mol. The summed E-state index contributed by atoms with van der Waals surface area (Å²) in [5.74, 6) is -1.28. The Morgan fingerprint density at radius 3 is 2.65 bits per heavy atom. The number of amides is 1. The minimum atomic E-state index is -0.668. The van der Waals surface area contributed by atoms with Gasteiger partial charge in [0.15, 0.2) is 6.61 Å². The molecule has 2 aromatic carbocycles. The second-order valence-electron chi connectivity index (χ2n) is 6.47. The Labute approximate surface area is 194 Å². The van der Waals surface area contributed by atoms with E-state index in [-0.39, 0.29) is 11.6 Å². The van der Waals surface area contributed by atoms with E-state index in [1.165, 1.54) is 25.9 Å². The molecular formula is C20H17BrClN3O5S. The Balaban J connectivity index is 1.60. The van der Waals surface area contributed by atoms with Gasteiger partial charge in [-0.3, -0.25) is 23.5 Å². The van der Waals surface area contributed by atoms with Gasteiger partial charge in [-0.15, -0.1) is 11.8 Å². The van der Waals surface area contributed by atoms with Crippen LogP contribution in [0.5, 0.6) is 0 Å². The van der Waals surface area contributed by atoms with Crippen molar-refractivity contribution in [3.63, 3.8) is 0 Å². The number of rotatable bonds is 6. The summed E-state index contributed by atoms with van der Waals surface area (Å²) in [6.07, 6.45) is 0. The molecule has 0 fully saturated rings. The number of ether oxygens (including phenoxy) is 1. The maximum Gasteiger partial charge on any atom is 0.332 e. The lowest BCUT2D eigenvalue weighted by Crippen LogP contribution is -2.38. The summed E-state index contributed by atoms with van der Waals surface area (Å²) < 4.78 is 7.91. The third kappa shape index (κ3) is 5.20.